The fraction of sp³-hybridized carbons (Fsp3) is 0.385. The molecule has 0 bridgehead atoms. The SMILES string of the molecule is Cc1cccc(C)c1-n1c(=O)c2ccccc2n2c(SCC(=O)N3C[C@H](C)C[C@H](C)C3)nnc12. The van der Waals surface area contributed by atoms with Crippen molar-refractivity contribution in [2.45, 2.75) is 39.3 Å². The van der Waals surface area contributed by atoms with Crippen molar-refractivity contribution in [3.05, 3.63) is 63.9 Å². The second kappa shape index (κ2) is 8.91. The Balaban J connectivity index is 1.60. The number of hydrogen-bond donors (Lipinski definition) is 0. The second-order valence-electron chi connectivity index (χ2n) is 9.55. The normalized spacial score (nSPS) is 18.6. The van der Waals surface area contributed by atoms with E-state index in [9.17, 15) is 9.59 Å². The number of piperidine rings is 1. The Hall–Kier alpha value is -3.13. The smallest absolute Gasteiger partial charge is 0.267 e. The standard InChI is InChI=1S/C26H29N5O2S/c1-16-12-17(2)14-29(13-16)22(32)15-34-26-28-27-25-30(26)21-11-6-5-10-20(21)24(33)31(25)23-18(3)8-7-9-19(23)4/h5-11,16-17H,12-15H2,1-4H3/t16-,17+. The molecule has 176 valence electrons. The average molecular weight is 476 g/mol. The number of para-hydroxylation sites is 2. The summed E-state index contributed by atoms with van der Waals surface area (Å²) in [7, 11) is 0. The van der Waals surface area contributed by atoms with Crippen LogP contribution in [0, 0.1) is 25.7 Å². The van der Waals surface area contributed by atoms with Crippen LogP contribution in [-0.2, 0) is 4.79 Å². The van der Waals surface area contributed by atoms with Crippen molar-refractivity contribution in [1.29, 1.82) is 0 Å². The third-order valence-corrected chi connectivity index (χ3v) is 7.52. The minimum Gasteiger partial charge on any atom is -0.341 e. The lowest BCUT2D eigenvalue weighted by Gasteiger charge is -2.34. The van der Waals surface area contributed by atoms with Gasteiger partial charge in [0, 0.05) is 13.1 Å². The molecule has 1 aliphatic rings. The van der Waals surface area contributed by atoms with Crippen LogP contribution in [0.25, 0.3) is 22.4 Å². The number of aryl methyl sites for hydroxylation is 2. The predicted molar refractivity (Wildman–Crippen MR) is 136 cm³/mol. The van der Waals surface area contributed by atoms with E-state index in [-0.39, 0.29) is 17.2 Å². The highest BCUT2D eigenvalue weighted by Crippen LogP contribution is 2.27. The highest BCUT2D eigenvalue weighted by Gasteiger charge is 2.26. The van der Waals surface area contributed by atoms with Crippen LogP contribution in [0.15, 0.2) is 52.4 Å². The number of carbonyl (C=O) groups excluding carboxylic acids is 1. The summed E-state index contributed by atoms with van der Waals surface area (Å²) in [4.78, 5) is 28.6. The Bertz CT molecular complexity index is 1430. The zero-order valence-electron chi connectivity index (χ0n) is 20.0. The Labute approximate surface area is 202 Å². The summed E-state index contributed by atoms with van der Waals surface area (Å²) in [5, 5.41) is 10.1. The number of likely N-dealkylation sites (tertiary alicyclic amines) is 1. The molecule has 1 aliphatic heterocycles. The summed E-state index contributed by atoms with van der Waals surface area (Å²) in [5.74, 6) is 1.89. The maximum atomic E-state index is 13.6. The van der Waals surface area contributed by atoms with Gasteiger partial charge in [-0.1, -0.05) is 55.9 Å². The van der Waals surface area contributed by atoms with E-state index in [0.29, 0.717) is 28.2 Å². The van der Waals surface area contributed by atoms with E-state index in [2.05, 4.69) is 24.0 Å². The minimum atomic E-state index is -0.128. The van der Waals surface area contributed by atoms with Gasteiger partial charge >= 0.3 is 0 Å². The van der Waals surface area contributed by atoms with Gasteiger partial charge in [-0.05, 0) is 55.4 Å². The molecule has 7 nitrogen and oxygen atoms in total. The Morgan fingerprint density at radius 3 is 2.38 bits per heavy atom. The second-order valence-corrected chi connectivity index (χ2v) is 10.5. The van der Waals surface area contributed by atoms with E-state index in [1.807, 2.05) is 65.6 Å². The van der Waals surface area contributed by atoms with Crippen LogP contribution in [0.4, 0.5) is 0 Å². The summed E-state index contributed by atoms with van der Waals surface area (Å²) < 4.78 is 3.56. The molecule has 1 saturated heterocycles. The van der Waals surface area contributed by atoms with E-state index in [1.54, 1.807) is 4.57 Å². The highest BCUT2D eigenvalue weighted by molar-refractivity contribution is 7.99. The number of aromatic nitrogens is 4. The number of amides is 1. The van der Waals surface area contributed by atoms with Crippen molar-refractivity contribution in [1.82, 2.24) is 24.1 Å². The first-order chi connectivity index (χ1) is 16.3. The summed E-state index contributed by atoms with van der Waals surface area (Å²) in [6.07, 6.45) is 1.16. The number of thioether (sulfide) groups is 1. The molecule has 5 rings (SSSR count). The van der Waals surface area contributed by atoms with Crippen molar-refractivity contribution in [2.24, 2.45) is 11.8 Å². The van der Waals surface area contributed by atoms with Gasteiger partial charge < -0.3 is 4.90 Å². The molecule has 1 fully saturated rings. The van der Waals surface area contributed by atoms with Crippen molar-refractivity contribution in [3.63, 3.8) is 0 Å². The molecule has 2 aromatic heterocycles. The van der Waals surface area contributed by atoms with E-state index in [4.69, 9.17) is 0 Å². The number of benzene rings is 2. The first kappa shape index (κ1) is 22.7. The third kappa shape index (κ3) is 3.90. The Kier molecular flexibility index (Phi) is 5.93. The number of nitrogens with zero attached hydrogens (tertiary/aromatic N) is 5. The van der Waals surface area contributed by atoms with Crippen LogP contribution in [-0.4, -0.2) is 48.8 Å². The van der Waals surface area contributed by atoms with Crippen LogP contribution < -0.4 is 5.56 Å². The highest BCUT2D eigenvalue weighted by atomic mass is 32.2. The Morgan fingerprint density at radius 2 is 1.68 bits per heavy atom. The summed E-state index contributed by atoms with van der Waals surface area (Å²) in [5.41, 5.74) is 3.40. The molecule has 8 heteroatoms. The molecule has 34 heavy (non-hydrogen) atoms. The monoisotopic (exact) mass is 475 g/mol. The van der Waals surface area contributed by atoms with Crippen LogP contribution in [0.2, 0.25) is 0 Å². The van der Waals surface area contributed by atoms with Crippen molar-refractivity contribution in [2.75, 3.05) is 18.8 Å². The van der Waals surface area contributed by atoms with Crippen LogP contribution in [0.3, 0.4) is 0 Å². The summed E-state index contributed by atoms with van der Waals surface area (Å²) in [6, 6.07) is 13.5. The number of carbonyl (C=O) groups is 1. The van der Waals surface area contributed by atoms with Gasteiger partial charge in [0.15, 0.2) is 5.16 Å². The molecule has 0 aliphatic carbocycles. The number of hydrogen-bond acceptors (Lipinski definition) is 5. The van der Waals surface area contributed by atoms with E-state index >= 15 is 0 Å². The Morgan fingerprint density at radius 1 is 1.00 bits per heavy atom. The fourth-order valence-electron chi connectivity index (χ4n) is 5.22. The van der Waals surface area contributed by atoms with Crippen LogP contribution in [0.5, 0.6) is 0 Å². The fourth-order valence-corrected chi connectivity index (χ4v) is 6.06. The number of fused-ring (bicyclic) bond motifs is 3. The maximum Gasteiger partial charge on any atom is 0.267 e. The van der Waals surface area contributed by atoms with Gasteiger partial charge in [0.2, 0.25) is 11.7 Å². The lowest BCUT2D eigenvalue weighted by atomic mass is 9.92. The van der Waals surface area contributed by atoms with Gasteiger partial charge in [0.25, 0.3) is 5.56 Å². The lowest BCUT2D eigenvalue weighted by molar-refractivity contribution is -0.130. The molecule has 4 aromatic rings. The third-order valence-electron chi connectivity index (χ3n) is 6.60. The van der Waals surface area contributed by atoms with Gasteiger partial charge in [0.05, 0.1) is 22.3 Å². The molecule has 2 atom stereocenters. The van der Waals surface area contributed by atoms with Gasteiger partial charge in [-0.15, -0.1) is 10.2 Å². The largest absolute Gasteiger partial charge is 0.341 e. The molecule has 0 unspecified atom stereocenters. The van der Waals surface area contributed by atoms with Gasteiger partial charge in [0.1, 0.15) is 0 Å². The summed E-state index contributed by atoms with van der Waals surface area (Å²) >= 11 is 1.38. The zero-order chi connectivity index (χ0) is 24.0. The minimum absolute atomic E-state index is 0.118. The van der Waals surface area contributed by atoms with E-state index < -0.39 is 0 Å². The molecule has 0 saturated carbocycles. The van der Waals surface area contributed by atoms with E-state index in [0.717, 1.165) is 41.8 Å². The van der Waals surface area contributed by atoms with Gasteiger partial charge in [-0.3, -0.25) is 14.0 Å². The van der Waals surface area contributed by atoms with Crippen molar-refractivity contribution in [3.8, 4) is 5.69 Å². The maximum absolute atomic E-state index is 13.6. The summed E-state index contributed by atoms with van der Waals surface area (Å²) in [6.45, 7) is 10.00. The molecular formula is C26H29N5O2S. The predicted octanol–water partition coefficient (Wildman–Crippen LogP) is 4.25. The average Bonchev–Trinajstić information content (AvgIpc) is 3.22. The lowest BCUT2D eigenvalue weighted by Crippen LogP contribution is -2.43. The molecule has 0 N–H and O–H groups in total. The van der Waals surface area contributed by atoms with Crippen LogP contribution in [0.1, 0.15) is 31.4 Å². The van der Waals surface area contributed by atoms with Crippen molar-refractivity contribution >= 4 is 34.3 Å². The molecule has 0 spiro atoms. The molecule has 1 amide bonds. The molecule has 0 radical (unpaired) electrons. The first-order valence-electron chi connectivity index (χ1n) is 11.7. The molecule has 3 heterocycles. The van der Waals surface area contributed by atoms with E-state index in [1.165, 1.54) is 11.8 Å². The molecule has 2 aromatic carbocycles. The molecular weight excluding hydrogens is 446 g/mol. The van der Waals surface area contributed by atoms with Crippen LogP contribution >= 0.6 is 11.8 Å². The number of rotatable bonds is 4. The van der Waals surface area contributed by atoms with Gasteiger partial charge in [-0.25, -0.2) is 4.57 Å². The van der Waals surface area contributed by atoms with Gasteiger partial charge in [-0.2, -0.15) is 0 Å². The topological polar surface area (TPSA) is 72.5 Å². The van der Waals surface area contributed by atoms with Crippen molar-refractivity contribution < 1.29 is 4.79 Å². The first-order valence-corrected chi connectivity index (χ1v) is 12.7. The zero-order valence-corrected chi connectivity index (χ0v) is 20.8. The quantitative estimate of drug-likeness (QED) is 0.413.